The summed E-state index contributed by atoms with van der Waals surface area (Å²) in [6, 6.07) is 6.32. The Morgan fingerprint density at radius 2 is 2.20 bits per heavy atom. The molecule has 0 fully saturated rings. The maximum absolute atomic E-state index is 6.10. The zero-order valence-corrected chi connectivity index (χ0v) is 9.76. The van der Waals surface area contributed by atoms with Gasteiger partial charge in [0.1, 0.15) is 11.4 Å². The second-order valence-electron chi connectivity index (χ2n) is 4.69. The summed E-state index contributed by atoms with van der Waals surface area (Å²) in [5.74, 6) is 1.04. The molecule has 82 valence electrons. The van der Waals surface area contributed by atoms with Crippen molar-refractivity contribution < 1.29 is 4.74 Å². The summed E-state index contributed by atoms with van der Waals surface area (Å²) in [5, 5.41) is 3.43. The van der Waals surface area contributed by atoms with Gasteiger partial charge < -0.3 is 10.1 Å². The average Bonchev–Trinajstić information content (AvgIpc) is 2.34. The molecular weight excluding hydrogens is 186 g/mol. The molecule has 0 aliphatic carbocycles. The molecule has 1 aliphatic rings. The first-order chi connectivity index (χ1) is 7.12. The Bertz CT molecular complexity index is 358. The highest BCUT2D eigenvalue weighted by atomic mass is 16.5. The van der Waals surface area contributed by atoms with Gasteiger partial charge in [0.25, 0.3) is 0 Å². The molecule has 15 heavy (non-hydrogen) atoms. The molecule has 1 heterocycles. The lowest BCUT2D eigenvalue weighted by molar-refractivity contribution is 0.107. The fourth-order valence-corrected chi connectivity index (χ4v) is 1.95. The van der Waals surface area contributed by atoms with Crippen molar-refractivity contribution in [3.8, 4) is 5.75 Å². The van der Waals surface area contributed by atoms with E-state index >= 15 is 0 Å². The van der Waals surface area contributed by atoms with Crippen molar-refractivity contribution in [3.63, 3.8) is 0 Å². The highest BCUT2D eigenvalue weighted by Gasteiger charge is 2.25. The number of benzene rings is 1. The van der Waals surface area contributed by atoms with Crippen LogP contribution in [0, 0.1) is 0 Å². The van der Waals surface area contributed by atoms with Crippen molar-refractivity contribution in [2.24, 2.45) is 0 Å². The molecular formula is C13H19NO. The number of para-hydroxylation sites is 1. The maximum Gasteiger partial charge on any atom is 0.146 e. The van der Waals surface area contributed by atoms with E-state index in [1.54, 1.807) is 0 Å². The average molecular weight is 205 g/mol. The minimum Gasteiger partial charge on any atom is -0.485 e. The van der Waals surface area contributed by atoms with E-state index < -0.39 is 0 Å². The number of aryl methyl sites for hydroxylation is 1. The van der Waals surface area contributed by atoms with Gasteiger partial charge in [-0.15, -0.1) is 0 Å². The molecule has 2 nitrogen and oxygen atoms in total. The van der Waals surface area contributed by atoms with Crippen LogP contribution in [0.1, 0.15) is 32.8 Å². The van der Waals surface area contributed by atoms with Gasteiger partial charge in [-0.25, -0.2) is 0 Å². The summed E-state index contributed by atoms with van der Waals surface area (Å²) in [4.78, 5) is 0. The van der Waals surface area contributed by atoms with Crippen LogP contribution in [-0.4, -0.2) is 12.1 Å². The van der Waals surface area contributed by atoms with Crippen LogP contribution in [0.4, 0.5) is 5.69 Å². The van der Waals surface area contributed by atoms with Crippen LogP contribution >= 0.6 is 0 Å². The molecule has 0 saturated heterocycles. The Hall–Kier alpha value is -1.18. The lowest BCUT2D eigenvalue weighted by Gasteiger charge is -2.25. The second kappa shape index (κ2) is 3.76. The van der Waals surface area contributed by atoms with E-state index in [0.29, 0.717) is 0 Å². The van der Waals surface area contributed by atoms with Crippen LogP contribution in [0.2, 0.25) is 0 Å². The van der Waals surface area contributed by atoms with Gasteiger partial charge in [0.05, 0.1) is 5.69 Å². The summed E-state index contributed by atoms with van der Waals surface area (Å²) in [6.45, 7) is 7.44. The molecule has 1 N–H and O–H groups in total. The lowest BCUT2D eigenvalue weighted by atomic mass is 10.1. The van der Waals surface area contributed by atoms with Crippen LogP contribution < -0.4 is 10.1 Å². The van der Waals surface area contributed by atoms with Crippen molar-refractivity contribution in [3.05, 3.63) is 23.8 Å². The van der Waals surface area contributed by atoms with Crippen molar-refractivity contribution in [2.75, 3.05) is 11.9 Å². The molecule has 2 rings (SSSR count). The smallest absolute Gasteiger partial charge is 0.146 e. The van der Waals surface area contributed by atoms with Gasteiger partial charge in [0.15, 0.2) is 0 Å². The van der Waals surface area contributed by atoms with E-state index in [1.165, 1.54) is 5.56 Å². The fourth-order valence-electron chi connectivity index (χ4n) is 1.95. The third-order valence-corrected chi connectivity index (χ3v) is 2.90. The molecule has 1 aromatic rings. The normalized spacial score (nSPS) is 18.3. The van der Waals surface area contributed by atoms with Gasteiger partial charge in [-0.2, -0.15) is 0 Å². The number of ether oxygens (including phenoxy) is 1. The molecule has 0 atom stereocenters. The largest absolute Gasteiger partial charge is 0.485 e. The van der Waals surface area contributed by atoms with Gasteiger partial charge in [0, 0.05) is 13.0 Å². The Labute approximate surface area is 91.6 Å². The maximum atomic E-state index is 6.10. The van der Waals surface area contributed by atoms with Crippen LogP contribution in [-0.2, 0) is 6.42 Å². The quantitative estimate of drug-likeness (QED) is 0.760. The molecule has 0 bridgehead atoms. The van der Waals surface area contributed by atoms with Crippen molar-refractivity contribution >= 4 is 5.69 Å². The van der Waals surface area contributed by atoms with Crippen LogP contribution in [0.15, 0.2) is 18.2 Å². The minimum absolute atomic E-state index is 0.0659. The first-order valence-corrected chi connectivity index (χ1v) is 5.67. The van der Waals surface area contributed by atoms with Gasteiger partial charge in [-0.3, -0.25) is 0 Å². The van der Waals surface area contributed by atoms with E-state index in [-0.39, 0.29) is 5.60 Å². The molecule has 0 aromatic heterocycles. The summed E-state index contributed by atoms with van der Waals surface area (Å²) >= 11 is 0. The fraction of sp³-hybridized carbons (Fsp3) is 0.538. The zero-order chi connectivity index (χ0) is 10.9. The predicted molar refractivity (Wildman–Crippen MR) is 63.6 cm³/mol. The Balaban J connectivity index is 2.43. The first-order valence-electron chi connectivity index (χ1n) is 5.67. The molecule has 0 spiro atoms. The minimum atomic E-state index is -0.0659. The Morgan fingerprint density at radius 3 is 2.93 bits per heavy atom. The topological polar surface area (TPSA) is 21.3 Å². The van der Waals surface area contributed by atoms with Crippen LogP contribution in [0.3, 0.4) is 0 Å². The summed E-state index contributed by atoms with van der Waals surface area (Å²) < 4.78 is 6.10. The molecule has 2 heteroatoms. The Kier molecular flexibility index (Phi) is 2.59. The molecule has 0 unspecified atom stereocenters. The van der Waals surface area contributed by atoms with Gasteiger partial charge >= 0.3 is 0 Å². The molecule has 0 amide bonds. The number of hydrogen-bond acceptors (Lipinski definition) is 2. The standard InChI is InChI=1S/C13H19NO/c1-4-10-6-5-7-11-12(10)15-13(2,3)8-9-14-11/h5-7,14H,4,8-9H2,1-3H3. The number of nitrogens with one attached hydrogen (secondary N) is 1. The SMILES string of the molecule is CCc1cccc2c1OC(C)(C)CCN2. The number of hydrogen-bond donors (Lipinski definition) is 1. The number of anilines is 1. The van der Waals surface area contributed by atoms with E-state index in [0.717, 1.165) is 30.8 Å². The van der Waals surface area contributed by atoms with Crippen molar-refractivity contribution in [2.45, 2.75) is 39.2 Å². The van der Waals surface area contributed by atoms with Gasteiger partial charge in [-0.05, 0) is 31.9 Å². The molecule has 1 aliphatic heterocycles. The number of fused-ring (bicyclic) bond motifs is 1. The van der Waals surface area contributed by atoms with E-state index in [4.69, 9.17) is 4.74 Å². The zero-order valence-electron chi connectivity index (χ0n) is 9.76. The molecule has 1 aromatic carbocycles. The predicted octanol–water partition coefficient (Wildman–Crippen LogP) is 3.22. The third kappa shape index (κ3) is 2.09. The molecule has 0 saturated carbocycles. The van der Waals surface area contributed by atoms with E-state index in [2.05, 4.69) is 44.3 Å². The highest BCUT2D eigenvalue weighted by Crippen LogP contribution is 2.35. The Morgan fingerprint density at radius 1 is 1.40 bits per heavy atom. The highest BCUT2D eigenvalue weighted by molar-refractivity contribution is 5.61. The van der Waals surface area contributed by atoms with Crippen LogP contribution in [0.5, 0.6) is 5.75 Å². The number of rotatable bonds is 1. The lowest BCUT2D eigenvalue weighted by Crippen LogP contribution is -2.28. The summed E-state index contributed by atoms with van der Waals surface area (Å²) in [7, 11) is 0. The van der Waals surface area contributed by atoms with E-state index in [1.807, 2.05) is 0 Å². The van der Waals surface area contributed by atoms with Gasteiger partial charge in [-0.1, -0.05) is 19.1 Å². The van der Waals surface area contributed by atoms with E-state index in [9.17, 15) is 0 Å². The van der Waals surface area contributed by atoms with Crippen molar-refractivity contribution in [1.29, 1.82) is 0 Å². The van der Waals surface area contributed by atoms with Crippen molar-refractivity contribution in [1.82, 2.24) is 0 Å². The van der Waals surface area contributed by atoms with Gasteiger partial charge in [0.2, 0.25) is 0 Å². The third-order valence-electron chi connectivity index (χ3n) is 2.90. The van der Waals surface area contributed by atoms with Crippen LogP contribution in [0.25, 0.3) is 0 Å². The second-order valence-corrected chi connectivity index (χ2v) is 4.69. The molecule has 0 radical (unpaired) electrons. The summed E-state index contributed by atoms with van der Waals surface area (Å²) in [6.07, 6.45) is 2.05. The first kappa shape index (κ1) is 10.3. The monoisotopic (exact) mass is 205 g/mol. The summed E-state index contributed by atoms with van der Waals surface area (Å²) in [5.41, 5.74) is 2.36.